The van der Waals surface area contributed by atoms with Gasteiger partial charge in [-0.3, -0.25) is 14.4 Å². The fourth-order valence-electron chi connectivity index (χ4n) is 3.15. The van der Waals surface area contributed by atoms with Crippen LogP contribution in [0.4, 0.5) is 4.79 Å². The van der Waals surface area contributed by atoms with Crippen molar-refractivity contribution in [1.82, 2.24) is 20.4 Å². The van der Waals surface area contributed by atoms with Crippen LogP contribution in [0.3, 0.4) is 0 Å². The van der Waals surface area contributed by atoms with E-state index in [1.54, 1.807) is 4.90 Å². The third-order valence-electron chi connectivity index (χ3n) is 4.25. The van der Waals surface area contributed by atoms with E-state index in [1.165, 1.54) is 0 Å². The van der Waals surface area contributed by atoms with E-state index < -0.39 is 6.04 Å². The number of carbonyl (C=O) groups excluding carboxylic acids is 3. The minimum atomic E-state index is -0.403. The van der Waals surface area contributed by atoms with E-state index >= 15 is 0 Å². The lowest BCUT2D eigenvalue weighted by Crippen LogP contribution is -2.59. The molecular weight excluding hydrogens is 328 g/mol. The molecule has 124 valence electrons. The van der Waals surface area contributed by atoms with Crippen molar-refractivity contribution in [1.29, 1.82) is 0 Å². The number of nitrogens with one attached hydrogen (secondary N) is 2. The average Bonchev–Trinajstić information content (AvgIpc) is 2.94. The van der Waals surface area contributed by atoms with Crippen LogP contribution >= 0.6 is 24.2 Å². The zero-order valence-corrected chi connectivity index (χ0v) is 13.9. The third-order valence-corrected chi connectivity index (χ3v) is 5.13. The molecule has 0 bridgehead atoms. The van der Waals surface area contributed by atoms with E-state index in [0.29, 0.717) is 31.9 Å². The molecular formula is C13H21ClN4O3S. The fourth-order valence-corrected chi connectivity index (χ4v) is 3.92. The topological polar surface area (TPSA) is 81.8 Å². The van der Waals surface area contributed by atoms with Crippen LogP contribution < -0.4 is 10.6 Å². The van der Waals surface area contributed by atoms with Gasteiger partial charge in [0.25, 0.3) is 5.24 Å². The monoisotopic (exact) mass is 348 g/mol. The Bertz CT molecular complexity index is 465. The Morgan fingerprint density at radius 3 is 2.77 bits per heavy atom. The molecule has 0 spiro atoms. The number of carbonyl (C=O) groups is 3. The number of nitrogens with zero attached hydrogens (tertiary/aromatic N) is 2. The first-order valence-corrected chi connectivity index (χ1v) is 8.36. The predicted molar refractivity (Wildman–Crippen MR) is 86.2 cm³/mol. The first kappa shape index (κ1) is 17.4. The molecule has 0 aromatic rings. The Labute approximate surface area is 139 Å². The van der Waals surface area contributed by atoms with Gasteiger partial charge in [-0.25, -0.2) is 0 Å². The Morgan fingerprint density at radius 2 is 2.09 bits per heavy atom. The highest BCUT2D eigenvalue weighted by Gasteiger charge is 2.36. The molecule has 0 aromatic heterocycles. The Morgan fingerprint density at radius 1 is 1.27 bits per heavy atom. The second-order valence-electron chi connectivity index (χ2n) is 5.64. The second-order valence-corrected chi connectivity index (χ2v) is 6.63. The molecule has 0 saturated carbocycles. The Kier molecular flexibility index (Phi) is 5.94. The summed E-state index contributed by atoms with van der Waals surface area (Å²) in [6, 6.07) is -0.290. The standard InChI is InChI=1S/C13H20N4O3S.ClH/c18-11-6-14-3-5-17(11)9-2-1-4-16(7-9)12(19)10-8-21-13(20)15-10;/h9-10,14H,1-8H2,(H,15,20);1H/t9?,10-;/m0./s1. The molecule has 0 aromatic carbocycles. The van der Waals surface area contributed by atoms with Crippen LogP contribution in [0.15, 0.2) is 0 Å². The summed E-state index contributed by atoms with van der Waals surface area (Å²) in [5, 5.41) is 5.64. The largest absolute Gasteiger partial charge is 0.339 e. The molecule has 3 aliphatic rings. The summed E-state index contributed by atoms with van der Waals surface area (Å²) in [5.41, 5.74) is 0. The molecule has 3 saturated heterocycles. The van der Waals surface area contributed by atoms with Gasteiger partial charge in [0, 0.05) is 38.0 Å². The lowest BCUT2D eigenvalue weighted by molar-refractivity contribution is -0.141. The summed E-state index contributed by atoms with van der Waals surface area (Å²) in [6.45, 7) is 3.21. The summed E-state index contributed by atoms with van der Waals surface area (Å²) >= 11 is 1.16. The zero-order chi connectivity index (χ0) is 14.8. The van der Waals surface area contributed by atoms with Crippen molar-refractivity contribution in [2.24, 2.45) is 0 Å². The number of rotatable bonds is 2. The highest BCUT2D eigenvalue weighted by molar-refractivity contribution is 8.14. The lowest BCUT2D eigenvalue weighted by Gasteiger charge is -2.41. The SMILES string of the molecule is Cl.O=C1N[C@H](C(=O)N2CCCC(N3CCNCC3=O)C2)CS1. The van der Waals surface area contributed by atoms with Crippen molar-refractivity contribution < 1.29 is 14.4 Å². The molecule has 3 heterocycles. The van der Waals surface area contributed by atoms with Crippen LogP contribution in [0.2, 0.25) is 0 Å². The van der Waals surface area contributed by atoms with Crippen molar-refractivity contribution in [2.75, 3.05) is 38.5 Å². The van der Waals surface area contributed by atoms with Gasteiger partial charge in [0.1, 0.15) is 6.04 Å². The lowest BCUT2D eigenvalue weighted by atomic mass is 10.0. The molecule has 7 nitrogen and oxygen atoms in total. The van der Waals surface area contributed by atoms with Gasteiger partial charge in [-0.05, 0) is 12.8 Å². The van der Waals surface area contributed by atoms with Gasteiger partial charge in [-0.15, -0.1) is 12.4 Å². The van der Waals surface area contributed by atoms with Gasteiger partial charge in [0.05, 0.1) is 6.54 Å². The number of amides is 3. The maximum absolute atomic E-state index is 12.4. The highest BCUT2D eigenvalue weighted by Crippen LogP contribution is 2.20. The average molecular weight is 349 g/mol. The molecule has 3 fully saturated rings. The number of likely N-dealkylation sites (tertiary alicyclic amines) is 1. The van der Waals surface area contributed by atoms with Crippen LogP contribution in [0, 0.1) is 0 Å². The van der Waals surface area contributed by atoms with E-state index in [1.807, 2.05) is 4.90 Å². The first-order valence-electron chi connectivity index (χ1n) is 7.37. The number of halogens is 1. The van der Waals surface area contributed by atoms with Gasteiger partial charge in [0.2, 0.25) is 11.8 Å². The number of hydrogen-bond acceptors (Lipinski definition) is 5. The van der Waals surface area contributed by atoms with E-state index in [-0.39, 0.29) is 35.5 Å². The van der Waals surface area contributed by atoms with Crippen molar-refractivity contribution in [3.8, 4) is 0 Å². The molecule has 3 rings (SSSR count). The minimum Gasteiger partial charge on any atom is -0.339 e. The summed E-state index contributed by atoms with van der Waals surface area (Å²) in [5.74, 6) is 0.608. The van der Waals surface area contributed by atoms with Crippen LogP contribution in [0.5, 0.6) is 0 Å². The van der Waals surface area contributed by atoms with Crippen molar-refractivity contribution in [2.45, 2.75) is 24.9 Å². The molecule has 22 heavy (non-hydrogen) atoms. The van der Waals surface area contributed by atoms with Gasteiger partial charge in [-0.1, -0.05) is 11.8 Å². The Balaban J connectivity index is 0.00000176. The quantitative estimate of drug-likeness (QED) is 0.713. The Hall–Kier alpha value is -0.990. The van der Waals surface area contributed by atoms with Gasteiger partial charge in [-0.2, -0.15) is 0 Å². The molecule has 2 N–H and O–H groups in total. The van der Waals surface area contributed by atoms with E-state index in [2.05, 4.69) is 10.6 Å². The molecule has 0 radical (unpaired) electrons. The summed E-state index contributed by atoms with van der Waals surface area (Å²) in [6.07, 6.45) is 1.85. The van der Waals surface area contributed by atoms with E-state index in [9.17, 15) is 14.4 Å². The summed E-state index contributed by atoms with van der Waals surface area (Å²) in [4.78, 5) is 39.3. The third kappa shape index (κ3) is 3.67. The number of piperazine rings is 1. The molecule has 1 unspecified atom stereocenters. The molecule has 3 aliphatic heterocycles. The summed E-state index contributed by atoms with van der Waals surface area (Å²) < 4.78 is 0. The van der Waals surface area contributed by atoms with E-state index in [0.717, 1.165) is 31.1 Å². The molecule has 0 aliphatic carbocycles. The highest BCUT2D eigenvalue weighted by atomic mass is 35.5. The maximum atomic E-state index is 12.4. The van der Waals surface area contributed by atoms with Crippen molar-refractivity contribution in [3.05, 3.63) is 0 Å². The second kappa shape index (κ2) is 7.52. The molecule has 2 atom stereocenters. The van der Waals surface area contributed by atoms with Crippen LogP contribution in [0.25, 0.3) is 0 Å². The van der Waals surface area contributed by atoms with Crippen molar-refractivity contribution >= 4 is 41.2 Å². The number of thioether (sulfide) groups is 1. The predicted octanol–water partition coefficient (Wildman–Crippen LogP) is -0.344. The fraction of sp³-hybridized carbons (Fsp3) is 0.769. The van der Waals surface area contributed by atoms with Gasteiger partial charge in [0.15, 0.2) is 0 Å². The van der Waals surface area contributed by atoms with Gasteiger partial charge < -0.3 is 20.4 Å². The molecule has 3 amide bonds. The molecule has 9 heteroatoms. The summed E-state index contributed by atoms with van der Waals surface area (Å²) in [7, 11) is 0. The van der Waals surface area contributed by atoms with Crippen molar-refractivity contribution in [3.63, 3.8) is 0 Å². The first-order chi connectivity index (χ1) is 10.1. The minimum absolute atomic E-state index is 0. The van der Waals surface area contributed by atoms with Gasteiger partial charge >= 0.3 is 0 Å². The number of hydrogen-bond donors (Lipinski definition) is 2. The normalized spacial score (nSPS) is 29.1. The zero-order valence-electron chi connectivity index (χ0n) is 12.2. The van der Waals surface area contributed by atoms with Crippen LogP contribution in [-0.4, -0.2) is 77.4 Å². The maximum Gasteiger partial charge on any atom is 0.279 e. The smallest absolute Gasteiger partial charge is 0.279 e. The van der Waals surface area contributed by atoms with Crippen LogP contribution in [0.1, 0.15) is 12.8 Å². The van der Waals surface area contributed by atoms with Crippen LogP contribution in [-0.2, 0) is 9.59 Å². The van der Waals surface area contributed by atoms with E-state index in [4.69, 9.17) is 0 Å². The number of piperidine rings is 1.